The van der Waals surface area contributed by atoms with Gasteiger partial charge in [0.1, 0.15) is 0 Å². The summed E-state index contributed by atoms with van der Waals surface area (Å²) in [5.74, 6) is -1.02. The number of ether oxygens (including phenoxy) is 2. The van der Waals surface area contributed by atoms with E-state index in [2.05, 4.69) is 10.1 Å². The normalized spacial score (nSPS) is 12.5. The molecule has 2 rings (SSSR count). The lowest BCUT2D eigenvalue weighted by molar-refractivity contribution is -0.386. The minimum absolute atomic E-state index is 0.0253. The maximum atomic E-state index is 12.4. The quantitative estimate of drug-likeness (QED) is 0.392. The van der Waals surface area contributed by atoms with Crippen molar-refractivity contribution in [3.05, 3.63) is 69.8 Å². The second-order valence-electron chi connectivity index (χ2n) is 6.45. The number of nitro groups is 1. The highest BCUT2D eigenvalue weighted by atomic mass is 16.6. The fraction of sp³-hybridized carbons (Fsp3) is 0.333. The molecule has 0 unspecified atom stereocenters. The predicted octanol–water partition coefficient (Wildman–Crippen LogP) is 3.46. The van der Waals surface area contributed by atoms with Crippen LogP contribution in [0.1, 0.15) is 42.1 Å². The van der Waals surface area contributed by atoms with E-state index in [9.17, 15) is 19.7 Å². The average Bonchev–Trinajstić information content (AvgIpc) is 2.74. The SMILES string of the molecule is CC[C@@H](CNC(=O)[C@H](C)Oc1ccc(C(=O)OC)cc1[N+](=O)[O-])c1ccccc1. The second kappa shape index (κ2) is 10.2. The predicted molar refractivity (Wildman–Crippen MR) is 107 cm³/mol. The third-order valence-electron chi connectivity index (χ3n) is 4.54. The summed E-state index contributed by atoms with van der Waals surface area (Å²) in [6, 6.07) is 13.5. The molecule has 1 N–H and O–H groups in total. The van der Waals surface area contributed by atoms with Crippen LogP contribution in [0.4, 0.5) is 5.69 Å². The Hall–Kier alpha value is -3.42. The Morgan fingerprint density at radius 2 is 1.86 bits per heavy atom. The van der Waals surface area contributed by atoms with Gasteiger partial charge in [-0.25, -0.2) is 4.79 Å². The highest BCUT2D eigenvalue weighted by molar-refractivity contribution is 5.90. The maximum absolute atomic E-state index is 12.4. The molecule has 0 radical (unpaired) electrons. The number of rotatable bonds is 9. The number of methoxy groups -OCH3 is 1. The van der Waals surface area contributed by atoms with Gasteiger partial charge in [0.2, 0.25) is 0 Å². The van der Waals surface area contributed by atoms with Crippen molar-refractivity contribution < 1.29 is 24.0 Å². The molecule has 0 aliphatic carbocycles. The zero-order valence-corrected chi connectivity index (χ0v) is 16.6. The van der Waals surface area contributed by atoms with Crippen molar-refractivity contribution in [1.29, 1.82) is 0 Å². The summed E-state index contributed by atoms with van der Waals surface area (Å²) in [5, 5.41) is 14.2. The topological polar surface area (TPSA) is 108 Å². The van der Waals surface area contributed by atoms with E-state index < -0.39 is 22.7 Å². The smallest absolute Gasteiger partial charge is 0.338 e. The van der Waals surface area contributed by atoms with Crippen molar-refractivity contribution in [3.8, 4) is 5.75 Å². The van der Waals surface area contributed by atoms with Gasteiger partial charge in [-0.05, 0) is 31.0 Å². The summed E-state index contributed by atoms with van der Waals surface area (Å²) in [6.07, 6.45) is -0.106. The van der Waals surface area contributed by atoms with Crippen molar-refractivity contribution in [2.45, 2.75) is 32.3 Å². The molecule has 0 bridgehead atoms. The van der Waals surface area contributed by atoms with Crippen LogP contribution in [0.15, 0.2) is 48.5 Å². The van der Waals surface area contributed by atoms with Crippen molar-refractivity contribution >= 4 is 17.6 Å². The van der Waals surface area contributed by atoms with E-state index in [1.165, 1.54) is 26.2 Å². The molecule has 2 atom stereocenters. The molecule has 154 valence electrons. The van der Waals surface area contributed by atoms with Crippen molar-refractivity contribution in [1.82, 2.24) is 5.32 Å². The summed E-state index contributed by atoms with van der Waals surface area (Å²) in [7, 11) is 1.18. The van der Waals surface area contributed by atoms with E-state index in [1.54, 1.807) is 0 Å². The van der Waals surface area contributed by atoms with Gasteiger partial charge in [0.15, 0.2) is 11.9 Å². The molecule has 1 amide bonds. The van der Waals surface area contributed by atoms with Crippen LogP contribution < -0.4 is 10.1 Å². The Balaban J connectivity index is 2.05. The Bertz CT molecular complexity index is 869. The third-order valence-corrected chi connectivity index (χ3v) is 4.54. The number of amides is 1. The van der Waals surface area contributed by atoms with Gasteiger partial charge in [0.25, 0.3) is 5.91 Å². The maximum Gasteiger partial charge on any atom is 0.338 e. The number of benzene rings is 2. The van der Waals surface area contributed by atoms with Crippen molar-refractivity contribution in [2.75, 3.05) is 13.7 Å². The van der Waals surface area contributed by atoms with E-state index in [0.29, 0.717) is 6.54 Å². The molecule has 0 fully saturated rings. The molecule has 0 saturated heterocycles. The van der Waals surface area contributed by atoms with Gasteiger partial charge in [0, 0.05) is 18.5 Å². The molecule has 2 aromatic rings. The molecule has 2 aromatic carbocycles. The van der Waals surface area contributed by atoms with Crippen LogP contribution in [0, 0.1) is 10.1 Å². The Kier molecular flexibility index (Phi) is 7.70. The largest absolute Gasteiger partial charge is 0.474 e. The molecule has 0 heterocycles. The number of carbonyl (C=O) groups excluding carboxylic acids is 2. The zero-order valence-electron chi connectivity index (χ0n) is 16.6. The highest BCUT2D eigenvalue weighted by Crippen LogP contribution is 2.29. The summed E-state index contributed by atoms with van der Waals surface area (Å²) in [4.78, 5) is 34.6. The fourth-order valence-electron chi connectivity index (χ4n) is 2.84. The molecule has 0 aliphatic heterocycles. The number of esters is 1. The molecule has 0 saturated carbocycles. The Morgan fingerprint density at radius 3 is 2.45 bits per heavy atom. The van der Waals surface area contributed by atoms with E-state index >= 15 is 0 Å². The number of nitro benzene ring substituents is 1. The molecular formula is C21H24N2O6. The lowest BCUT2D eigenvalue weighted by atomic mass is 9.96. The first-order valence-electron chi connectivity index (χ1n) is 9.23. The minimum atomic E-state index is -0.953. The van der Waals surface area contributed by atoms with Crippen molar-refractivity contribution in [2.24, 2.45) is 0 Å². The van der Waals surface area contributed by atoms with Gasteiger partial charge >= 0.3 is 11.7 Å². The van der Waals surface area contributed by atoms with E-state index in [0.717, 1.165) is 18.1 Å². The molecule has 29 heavy (non-hydrogen) atoms. The summed E-state index contributed by atoms with van der Waals surface area (Å²) in [6.45, 7) is 3.98. The summed E-state index contributed by atoms with van der Waals surface area (Å²) in [5.41, 5.74) is 0.735. The van der Waals surface area contributed by atoms with Crippen LogP contribution in [-0.4, -0.2) is 36.6 Å². The van der Waals surface area contributed by atoms with Crippen LogP contribution in [-0.2, 0) is 9.53 Å². The van der Waals surface area contributed by atoms with Gasteiger partial charge < -0.3 is 14.8 Å². The molecule has 0 aliphatic rings. The minimum Gasteiger partial charge on any atom is -0.474 e. The Labute approximate surface area is 169 Å². The lowest BCUT2D eigenvalue weighted by Crippen LogP contribution is -2.38. The number of nitrogens with zero attached hydrogens (tertiary/aromatic N) is 1. The van der Waals surface area contributed by atoms with E-state index in [4.69, 9.17) is 4.74 Å². The summed E-state index contributed by atoms with van der Waals surface area (Å²) < 4.78 is 10.1. The van der Waals surface area contributed by atoms with Gasteiger partial charge in [0.05, 0.1) is 17.6 Å². The van der Waals surface area contributed by atoms with Gasteiger partial charge in [-0.3, -0.25) is 14.9 Å². The molecule has 0 aromatic heterocycles. The lowest BCUT2D eigenvalue weighted by Gasteiger charge is -2.19. The average molecular weight is 400 g/mol. The molecule has 8 heteroatoms. The van der Waals surface area contributed by atoms with Crippen LogP contribution in [0.2, 0.25) is 0 Å². The number of hydrogen-bond donors (Lipinski definition) is 1. The first-order valence-corrected chi connectivity index (χ1v) is 9.23. The van der Waals surface area contributed by atoms with Gasteiger partial charge in [-0.1, -0.05) is 37.3 Å². The van der Waals surface area contributed by atoms with Crippen LogP contribution in [0.5, 0.6) is 5.75 Å². The number of nitrogens with one attached hydrogen (secondary N) is 1. The van der Waals surface area contributed by atoms with E-state index in [-0.39, 0.29) is 23.1 Å². The first-order chi connectivity index (χ1) is 13.9. The number of carbonyl (C=O) groups is 2. The van der Waals surface area contributed by atoms with E-state index in [1.807, 2.05) is 37.3 Å². The zero-order chi connectivity index (χ0) is 21.4. The Morgan fingerprint density at radius 1 is 1.17 bits per heavy atom. The van der Waals surface area contributed by atoms with Crippen molar-refractivity contribution in [3.63, 3.8) is 0 Å². The summed E-state index contributed by atoms with van der Waals surface area (Å²) >= 11 is 0. The molecular weight excluding hydrogens is 376 g/mol. The fourth-order valence-corrected chi connectivity index (χ4v) is 2.84. The first kappa shape index (κ1) is 21.9. The van der Waals surface area contributed by atoms with Crippen LogP contribution in [0.3, 0.4) is 0 Å². The highest BCUT2D eigenvalue weighted by Gasteiger charge is 2.23. The monoisotopic (exact) mass is 400 g/mol. The van der Waals surface area contributed by atoms with Gasteiger partial charge in [-0.2, -0.15) is 0 Å². The third kappa shape index (κ3) is 5.78. The molecule has 8 nitrogen and oxygen atoms in total. The number of hydrogen-bond acceptors (Lipinski definition) is 6. The second-order valence-corrected chi connectivity index (χ2v) is 6.45. The standard InChI is InChI=1S/C21H24N2O6/c1-4-15(16-8-6-5-7-9-16)13-22-20(24)14(2)29-19-11-10-17(21(25)28-3)12-18(19)23(26)27/h5-12,14-15H,4,13H2,1-3H3,(H,22,24)/t14-,15-/m0/s1. The van der Waals surface area contributed by atoms with Gasteiger partial charge in [-0.15, -0.1) is 0 Å². The van der Waals surface area contributed by atoms with Crippen LogP contribution >= 0.6 is 0 Å². The molecule has 0 spiro atoms. The van der Waals surface area contributed by atoms with Crippen LogP contribution in [0.25, 0.3) is 0 Å².